The number of aryl methyl sites for hydroxylation is 1. The number of benzene rings is 2. The normalized spacial score (nSPS) is 16.5. The third-order valence-corrected chi connectivity index (χ3v) is 4.63. The molecule has 1 amide bonds. The number of hydrogen-bond acceptors (Lipinski definition) is 3. The summed E-state index contributed by atoms with van der Waals surface area (Å²) in [5.74, 6) is -1.49. The van der Waals surface area contributed by atoms with E-state index in [0.29, 0.717) is 10.0 Å². The van der Waals surface area contributed by atoms with Gasteiger partial charge in [-0.25, -0.2) is 8.78 Å². The Hall–Kier alpha value is -2.05. The van der Waals surface area contributed by atoms with Crippen molar-refractivity contribution in [2.24, 2.45) is 0 Å². The SMILES string of the molecule is Cc1ccc(N2C(=O)/C(=C\c3cc(F)ccc3F)SC2=S)cc1. The van der Waals surface area contributed by atoms with Crippen LogP contribution in [0.1, 0.15) is 11.1 Å². The van der Waals surface area contributed by atoms with Gasteiger partial charge in [-0.15, -0.1) is 0 Å². The van der Waals surface area contributed by atoms with Gasteiger partial charge in [-0.3, -0.25) is 9.69 Å². The van der Waals surface area contributed by atoms with Crippen LogP contribution in [-0.4, -0.2) is 10.2 Å². The lowest BCUT2D eigenvalue weighted by Gasteiger charge is -2.14. The van der Waals surface area contributed by atoms with Crippen LogP contribution in [-0.2, 0) is 4.79 Å². The van der Waals surface area contributed by atoms with Gasteiger partial charge in [0, 0.05) is 5.56 Å². The molecule has 6 heteroatoms. The van der Waals surface area contributed by atoms with Crippen molar-refractivity contribution in [1.82, 2.24) is 0 Å². The average molecular weight is 347 g/mol. The topological polar surface area (TPSA) is 20.3 Å². The molecule has 116 valence electrons. The molecule has 0 radical (unpaired) electrons. The minimum absolute atomic E-state index is 0.0226. The highest BCUT2D eigenvalue weighted by molar-refractivity contribution is 8.27. The number of rotatable bonds is 2. The number of thiocarbonyl (C=S) groups is 1. The first kappa shape index (κ1) is 15.8. The molecule has 0 aromatic heterocycles. The summed E-state index contributed by atoms with van der Waals surface area (Å²) < 4.78 is 27.3. The fourth-order valence-electron chi connectivity index (χ4n) is 2.15. The van der Waals surface area contributed by atoms with Crippen LogP contribution in [0.15, 0.2) is 47.4 Å². The van der Waals surface area contributed by atoms with E-state index in [1.807, 2.05) is 19.1 Å². The van der Waals surface area contributed by atoms with E-state index < -0.39 is 11.6 Å². The number of nitrogens with zero attached hydrogens (tertiary/aromatic N) is 1. The van der Waals surface area contributed by atoms with Crippen LogP contribution in [0.4, 0.5) is 14.5 Å². The van der Waals surface area contributed by atoms with Crippen molar-refractivity contribution in [1.29, 1.82) is 0 Å². The molecule has 1 heterocycles. The van der Waals surface area contributed by atoms with Crippen molar-refractivity contribution >= 4 is 46.0 Å². The maximum atomic E-state index is 13.7. The van der Waals surface area contributed by atoms with E-state index in [4.69, 9.17) is 12.2 Å². The molecular formula is C17H11F2NOS2. The van der Waals surface area contributed by atoms with E-state index >= 15 is 0 Å². The van der Waals surface area contributed by atoms with Gasteiger partial charge in [-0.2, -0.15) is 0 Å². The smallest absolute Gasteiger partial charge is 0.268 e. The quantitative estimate of drug-likeness (QED) is 0.581. The van der Waals surface area contributed by atoms with Crippen LogP contribution >= 0.6 is 24.0 Å². The monoisotopic (exact) mass is 347 g/mol. The first-order valence-corrected chi connectivity index (χ1v) is 7.98. The standard InChI is InChI=1S/C17H11F2NOS2/c1-10-2-5-13(6-3-10)20-16(21)15(23-17(20)22)9-11-8-12(18)4-7-14(11)19/h2-9H,1H3/b15-9+. The second-order valence-electron chi connectivity index (χ2n) is 5.02. The number of carbonyl (C=O) groups is 1. The molecular weight excluding hydrogens is 336 g/mol. The molecule has 23 heavy (non-hydrogen) atoms. The van der Waals surface area contributed by atoms with E-state index in [2.05, 4.69) is 0 Å². The van der Waals surface area contributed by atoms with Crippen molar-refractivity contribution in [2.75, 3.05) is 4.90 Å². The molecule has 2 aromatic carbocycles. The maximum Gasteiger partial charge on any atom is 0.270 e. The Morgan fingerprint density at radius 1 is 1.13 bits per heavy atom. The summed E-state index contributed by atoms with van der Waals surface area (Å²) in [6.45, 7) is 1.95. The van der Waals surface area contributed by atoms with Gasteiger partial charge in [-0.05, 0) is 43.3 Å². The van der Waals surface area contributed by atoms with Crippen LogP contribution in [0.5, 0.6) is 0 Å². The number of amides is 1. The molecule has 0 spiro atoms. The van der Waals surface area contributed by atoms with Gasteiger partial charge in [0.15, 0.2) is 4.32 Å². The summed E-state index contributed by atoms with van der Waals surface area (Å²) in [6, 6.07) is 10.5. The fraction of sp³-hybridized carbons (Fsp3) is 0.0588. The molecule has 0 N–H and O–H groups in total. The molecule has 1 fully saturated rings. The Bertz CT molecular complexity index is 831. The van der Waals surface area contributed by atoms with Gasteiger partial charge in [-0.1, -0.05) is 41.7 Å². The summed E-state index contributed by atoms with van der Waals surface area (Å²) in [7, 11) is 0. The molecule has 1 aliphatic rings. The minimum Gasteiger partial charge on any atom is -0.268 e. The first-order chi connectivity index (χ1) is 11.0. The van der Waals surface area contributed by atoms with Crippen molar-refractivity contribution in [3.05, 3.63) is 70.1 Å². The third kappa shape index (κ3) is 3.18. The minimum atomic E-state index is -0.591. The summed E-state index contributed by atoms with van der Waals surface area (Å²) >= 11 is 6.31. The van der Waals surface area contributed by atoms with Crippen LogP contribution in [0.2, 0.25) is 0 Å². The van der Waals surface area contributed by atoms with Gasteiger partial charge in [0.1, 0.15) is 11.6 Å². The second kappa shape index (κ2) is 6.22. The van der Waals surface area contributed by atoms with Gasteiger partial charge >= 0.3 is 0 Å². The van der Waals surface area contributed by atoms with Gasteiger partial charge < -0.3 is 0 Å². The fourth-order valence-corrected chi connectivity index (χ4v) is 3.44. The Kier molecular flexibility index (Phi) is 4.28. The van der Waals surface area contributed by atoms with Gasteiger partial charge in [0.2, 0.25) is 0 Å². The Labute approximate surface area is 141 Å². The second-order valence-corrected chi connectivity index (χ2v) is 6.69. The van der Waals surface area contributed by atoms with E-state index in [0.717, 1.165) is 35.5 Å². The molecule has 1 saturated heterocycles. The lowest BCUT2D eigenvalue weighted by Crippen LogP contribution is -2.27. The number of hydrogen-bond donors (Lipinski definition) is 0. The van der Waals surface area contributed by atoms with Crippen LogP contribution < -0.4 is 4.90 Å². The molecule has 0 bridgehead atoms. The molecule has 2 nitrogen and oxygen atoms in total. The van der Waals surface area contributed by atoms with Crippen LogP contribution in [0.25, 0.3) is 6.08 Å². The maximum absolute atomic E-state index is 13.7. The molecule has 0 aliphatic carbocycles. The predicted molar refractivity (Wildman–Crippen MR) is 93.2 cm³/mol. The highest BCUT2D eigenvalue weighted by Gasteiger charge is 2.33. The van der Waals surface area contributed by atoms with Crippen molar-refractivity contribution in [3.63, 3.8) is 0 Å². The zero-order valence-corrected chi connectivity index (χ0v) is 13.7. The molecule has 0 unspecified atom stereocenters. The summed E-state index contributed by atoms with van der Waals surface area (Å²) in [5.41, 5.74) is 1.74. The Morgan fingerprint density at radius 3 is 2.52 bits per heavy atom. The number of halogens is 2. The lowest BCUT2D eigenvalue weighted by atomic mass is 10.2. The van der Waals surface area contributed by atoms with Crippen molar-refractivity contribution in [3.8, 4) is 0 Å². The molecule has 0 atom stereocenters. The van der Waals surface area contributed by atoms with E-state index in [1.54, 1.807) is 12.1 Å². The Balaban J connectivity index is 1.96. The highest BCUT2D eigenvalue weighted by Crippen LogP contribution is 2.36. The van der Waals surface area contributed by atoms with Crippen LogP contribution in [0, 0.1) is 18.6 Å². The third-order valence-electron chi connectivity index (χ3n) is 3.33. The summed E-state index contributed by atoms with van der Waals surface area (Å²) in [6.07, 6.45) is 1.33. The van der Waals surface area contributed by atoms with E-state index in [1.165, 1.54) is 11.0 Å². The zero-order chi connectivity index (χ0) is 16.6. The first-order valence-electron chi connectivity index (χ1n) is 6.75. The molecule has 3 rings (SSSR count). The summed E-state index contributed by atoms with van der Waals surface area (Å²) in [5, 5.41) is 0. The van der Waals surface area contributed by atoms with Crippen molar-refractivity contribution in [2.45, 2.75) is 6.92 Å². The zero-order valence-electron chi connectivity index (χ0n) is 12.0. The Morgan fingerprint density at radius 2 is 1.83 bits per heavy atom. The predicted octanol–water partition coefficient (Wildman–Crippen LogP) is 4.68. The van der Waals surface area contributed by atoms with Crippen LogP contribution in [0.3, 0.4) is 0 Å². The largest absolute Gasteiger partial charge is 0.270 e. The molecule has 2 aromatic rings. The van der Waals surface area contributed by atoms with E-state index in [9.17, 15) is 13.6 Å². The number of thioether (sulfide) groups is 1. The van der Waals surface area contributed by atoms with Gasteiger partial charge in [0.25, 0.3) is 5.91 Å². The molecule has 1 aliphatic heterocycles. The van der Waals surface area contributed by atoms with E-state index in [-0.39, 0.29) is 16.4 Å². The van der Waals surface area contributed by atoms with Crippen molar-refractivity contribution < 1.29 is 13.6 Å². The lowest BCUT2D eigenvalue weighted by molar-refractivity contribution is -0.113. The average Bonchev–Trinajstić information content (AvgIpc) is 2.79. The molecule has 0 saturated carbocycles. The van der Waals surface area contributed by atoms with Gasteiger partial charge in [0.05, 0.1) is 10.6 Å². The number of carbonyl (C=O) groups excluding carboxylic acids is 1. The summed E-state index contributed by atoms with van der Waals surface area (Å²) in [4.78, 5) is 14.2. The number of anilines is 1. The highest BCUT2D eigenvalue weighted by atomic mass is 32.2.